The van der Waals surface area contributed by atoms with Gasteiger partial charge in [-0.25, -0.2) is 21.6 Å². The third-order valence-corrected chi connectivity index (χ3v) is 8.58. The zero-order valence-electron chi connectivity index (χ0n) is 18.3. The van der Waals surface area contributed by atoms with Gasteiger partial charge in [-0.15, -0.1) is 0 Å². The number of carbonyl (C=O) groups excluding carboxylic acids is 2. The Balaban J connectivity index is 1.66. The van der Waals surface area contributed by atoms with Crippen molar-refractivity contribution < 1.29 is 26.4 Å². The van der Waals surface area contributed by atoms with Gasteiger partial charge in [0.25, 0.3) is 5.91 Å². The molecule has 10 nitrogen and oxygen atoms in total. The molecule has 12 heteroatoms. The predicted octanol–water partition coefficient (Wildman–Crippen LogP) is 1.09. The summed E-state index contributed by atoms with van der Waals surface area (Å²) in [6.07, 6.45) is 0.701. The van der Waals surface area contributed by atoms with Crippen LogP contribution in [-0.2, 0) is 24.8 Å². The van der Waals surface area contributed by atoms with E-state index in [-0.39, 0.29) is 34.5 Å². The van der Waals surface area contributed by atoms with Crippen molar-refractivity contribution in [2.45, 2.75) is 29.7 Å². The van der Waals surface area contributed by atoms with Crippen molar-refractivity contribution in [3.8, 4) is 0 Å². The van der Waals surface area contributed by atoms with Crippen LogP contribution in [-0.4, -0.2) is 70.6 Å². The van der Waals surface area contributed by atoms with Crippen molar-refractivity contribution in [1.29, 1.82) is 0 Å². The minimum atomic E-state index is -3.73. The van der Waals surface area contributed by atoms with E-state index < -0.39 is 26.0 Å². The zero-order valence-corrected chi connectivity index (χ0v) is 19.9. The first-order chi connectivity index (χ1) is 15.5. The van der Waals surface area contributed by atoms with E-state index in [1.54, 1.807) is 13.8 Å². The van der Waals surface area contributed by atoms with E-state index in [0.717, 1.165) is 0 Å². The smallest absolute Gasteiger partial charge is 0.255 e. The van der Waals surface area contributed by atoms with E-state index in [1.807, 2.05) is 0 Å². The Kier molecular flexibility index (Phi) is 7.52. The highest BCUT2D eigenvalue weighted by Crippen LogP contribution is 2.19. The Morgan fingerprint density at radius 3 is 1.94 bits per heavy atom. The lowest BCUT2D eigenvalue weighted by Crippen LogP contribution is -2.47. The summed E-state index contributed by atoms with van der Waals surface area (Å²) in [5.41, 5.74) is 0.645. The Morgan fingerprint density at radius 2 is 1.42 bits per heavy atom. The highest BCUT2D eigenvalue weighted by molar-refractivity contribution is 7.89. The molecule has 2 N–H and O–H groups in total. The molecule has 178 valence electrons. The molecule has 1 aliphatic rings. The molecule has 3 rings (SSSR count). The number of benzene rings is 2. The van der Waals surface area contributed by atoms with Gasteiger partial charge >= 0.3 is 0 Å². The topological polar surface area (TPSA) is 133 Å². The standard InChI is InChI=1S/C21H26N4O6S2/c1-16(2)23-32(28,29)19-9-5-18(6-10-19)22-21(27)17-3-7-20(8-4-17)33(30,31)25-13-11-24(15-26)12-14-25/h3-10,15-16,23H,11-14H2,1-2H3,(H,22,27). The third-order valence-electron chi connectivity index (χ3n) is 4.99. The van der Waals surface area contributed by atoms with E-state index in [9.17, 15) is 26.4 Å². The van der Waals surface area contributed by atoms with Gasteiger partial charge in [0.15, 0.2) is 0 Å². The summed E-state index contributed by atoms with van der Waals surface area (Å²) >= 11 is 0. The summed E-state index contributed by atoms with van der Waals surface area (Å²) in [7, 11) is -7.36. The van der Waals surface area contributed by atoms with Gasteiger partial charge in [-0.1, -0.05) is 0 Å². The number of rotatable bonds is 8. The molecule has 1 heterocycles. The number of nitrogens with zero attached hydrogens (tertiary/aromatic N) is 2. The van der Waals surface area contributed by atoms with Crippen molar-refractivity contribution in [1.82, 2.24) is 13.9 Å². The fourth-order valence-corrected chi connectivity index (χ4v) is 5.95. The molecule has 33 heavy (non-hydrogen) atoms. The molecule has 0 radical (unpaired) electrons. The van der Waals surface area contributed by atoms with Crippen molar-refractivity contribution in [3.63, 3.8) is 0 Å². The van der Waals surface area contributed by atoms with Crippen LogP contribution >= 0.6 is 0 Å². The molecule has 1 aliphatic heterocycles. The molecule has 2 aromatic rings. The molecule has 0 aromatic heterocycles. The van der Waals surface area contributed by atoms with Crippen molar-refractivity contribution >= 4 is 38.1 Å². The number of carbonyl (C=O) groups is 2. The predicted molar refractivity (Wildman–Crippen MR) is 123 cm³/mol. The fraction of sp³-hybridized carbons (Fsp3) is 0.333. The van der Waals surface area contributed by atoms with E-state index in [4.69, 9.17) is 0 Å². The van der Waals surface area contributed by atoms with Crippen LogP contribution in [0.1, 0.15) is 24.2 Å². The molecule has 0 aliphatic carbocycles. The number of sulfonamides is 2. The molecular weight excluding hydrogens is 468 g/mol. The number of amides is 2. The number of hydrogen-bond acceptors (Lipinski definition) is 6. The summed E-state index contributed by atoms with van der Waals surface area (Å²) < 4.78 is 53.8. The number of hydrogen-bond donors (Lipinski definition) is 2. The number of anilines is 1. The van der Waals surface area contributed by atoms with E-state index in [1.165, 1.54) is 57.7 Å². The van der Waals surface area contributed by atoms with Crippen LogP contribution in [0.25, 0.3) is 0 Å². The largest absolute Gasteiger partial charge is 0.343 e. The normalized spacial score (nSPS) is 15.4. The first kappa shape index (κ1) is 24.8. The second-order valence-corrected chi connectivity index (χ2v) is 11.5. The first-order valence-electron chi connectivity index (χ1n) is 10.3. The Bertz CT molecular complexity index is 1200. The number of piperazine rings is 1. The van der Waals surface area contributed by atoms with Gasteiger partial charge in [0.05, 0.1) is 9.79 Å². The summed E-state index contributed by atoms with van der Waals surface area (Å²) in [5.74, 6) is -0.463. The molecule has 1 fully saturated rings. The van der Waals surface area contributed by atoms with E-state index in [0.29, 0.717) is 25.2 Å². The molecule has 0 unspecified atom stereocenters. The third kappa shape index (κ3) is 5.96. The first-order valence-corrected chi connectivity index (χ1v) is 13.2. The summed E-state index contributed by atoms with van der Waals surface area (Å²) in [6.45, 7) is 4.52. The van der Waals surface area contributed by atoms with Gasteiger partial charge in [-0.3, -0.25) is 9.59 Å². The molecule has 2 amide bonds. The molecule has 0 saturated carbocycles. The molecule has 1 saturated heterocycles. The minimum absolute atomic E-state index is 0.0609. The average Bonchev–Trinajstić information content (AvgIpc) is 2.78. The van der Waals surface area contributed by atoms with Gasteiger partial charge in [0.2, 0.25) is 26.5 Å². The fourth-order valence-electron chi connectivity index (χ4n) is 3.28. The van der Waals surface area contributed by atoms with Gasteiger partial charge < -0.3 is 10.2 Å². The van der Waals surface area contributed by atoms with Gasteiger partial charge in [-0.2, -0.15) is 4.31 Å². The average molecular weight is 495 g/mol. The Hall–Kier alpha value is -2.80. The van der Waals surface area contributed by atoms with Gasteiger partial charge in [0, 0.05) is 43.5 Å². The summed E-state index contributed by atoms with van der Waals surface area (Å²) in [6, 6.07) is 11.0. The van der Waals surface area contributed by atoms with Crippen molar-refractivity contribution in [2.24, 2.45) is 0 Å². The van der Waals surface area contributed by atoms with Crippen LogP contribution < -0.4 is 10.0 Å². The quantitative estimate of drug-likeness (QED) is 0.528. The van der Waals surface area contributed by atoms with Crippen molar-refractivity contribution in [3.05, 3.63) is 54.1 Å². The van der Waals surface area contributed by atoms with Gasteiger partial charge in [0.1, 0.15) is 0 Å². The maximum atomic E-state index is 12.8. The van der Waals surface area contributed by atoms with Gasteiger partial charge in [-0.05, 0) is 62.4 Å². The lowest BCUT2D eigenvalue weighted by molar-refractivity contribution is -0.119. The Morgan fingerprint density at radius 1 is 0.879 bits per heavy atom. The maximum absolute atomic E-state index is 12.8. The van der Waals surface area contributed by atoms with Crippen LogP contribution in [0.5, 0.6) is 0 Å². The second kappa shape index (κ2) is 10.00. The minimum Gasteiger partial charge on any atom is -0.343 e. The molecule has 2 aromatic carbocycles. The highest BCUT2D eigenvalue weighted by atomic mass is 32.2. The second-order valence-electron chi connectivity index (χ2n) is 7.82. The molecule has 0 atom stereocenters. The molecule has 0 bridgehead atoms. The number of nitrogens with one attached hydrogen (secondary N) is 2. The van der Waals surface area contributed by atoms with E-state index >= 15 is 0 Å². The SMILES string of the molecule is CC(C)NS(=O)(=O)c1ccc(NC(=O)c2ccc(S(=O)(=O)N3CCN(C=O)CC3)cc2)cc1. The Labute approximate surface area is 193 Å². The molecular formula is C21H26N4O6S2. The molecule has 0 spiro atoms. The summed E-state index contributed by atoms with van der Waals surface area (Å²) in [5, 5.41) is 2.66. The van der Waals surface area contributed by atoms with Crippen LogP contribution in [0, 0.1) is 0 Å². The van der Waals surface area contributed by atoms with Crippen LogP contribution in [0.3, 0.4) is 0 Å². The lowest BCUT2D eigenvalue weighted by Gasteiger charge is -2.31. The van der Waals surface area contributed by atoms with Crippen LogP contribution in [0.15, 0.2) is 58.3 Å². The van der Waals surface area contributed by atoms with E-state index in [2.05, 4.69) is 10.0 Å². The maximum Gasteiger partial charge on any atom is 0.255 e. The van der Waals surface area contributed by atoms with Crippen LogP contribution in [0.4, 0.5) is 5.69 Å². The summed E-state index contributed by atoms with van der Waals surface area (Å²) in [4.78, 5) is 25.0. The lowest BCUT2D eigenvalue weighted by atomic mass is 10.2. The van der Waals surface area contributed by atoms with Crippen molar-refractivity contribution in [2.75, 3.05) is 31.5 Å². The zero-order chi connectivity index (χ0) is 24.2. The van der Waals surface area contributed by atoms with Crippen LogP contribution in [0.2, 0.25) is 0 Å². The highest BCUT2D eigenvalue weighted by Gasteiger charge is 2.28. The monoisotopic (exact) mass is 494 g/mol.